The van der Waals surface area contributed by atoms with Gasteiger partial charge in [0.15, 0.2) is 0 Å². The van der Waals surface area contributed by atoms with Crippen molar-refractivity contribution in [3.8, 4) is 28.5 Å². The molecule has 0 bridgehead atoms. The minimum atomic E-state index is 0.639. The first-order valence-electron chi connectivity index (χ1n) is 15.0. The molecular formula is C40H23N3OS. The maximum atomic E-state index is 6.57. The van der Waals surface area contributed by atoms with Gasteiger partial charge in [-0.15, -0.1) is 11.3 Å². The molecule has 4 heterocycles. The molecule has 0 N–H and O–H groups in total. The summed E-state index contributed by atoms with van der Waals surface area (Å²) in [5, 5.41) is 7.01. The molecule has 0 aliphatic heterocycles. The fourth-order valence-corrected chi connectivity index (χ4v) is 7.92. The van der Waals surface area contributed by atoms with E-state index in [2.05, 4.69) is 132 Å². The highest BCUT2D eigenvalue weighted by atomic mass is 32.1. The van der Waals surface area contributed by atoms with E-state index in [-0.39, 0.29) is 0 Å². The molecule has 4 nitrogen and oxygen atoms in total. The van der Waals surface area contributed by atoms with Crippen molar-refractivity contribution in [3.05, 3.63) is 140 Å². The topological polar surface area (TPSA) is 43.9 Å². The molecule has 0 radical (unpaired) electrons. The highest BCUT2D eigenvalue weighted by Crippen LogP contribution is 2.44. The fourth-order valence-electron chi connectivity index (χ4n) is 6.81. The summed E-state index contributed by atoms with van der Waals surface area (Å²) in [4.78, 5) is 10.4. The Labute approximate surface area is 261 Å². The molecule has 0 aliphatic carbocycles. The van der Waals surface area contributed by atoms with Crippen molar-refractivity contribution < 1.29 is 4.42 Å². The monoisotopic (exact) mass is 593 g/mol. The highest BCUT2D eigenvalue weighted by molar-refractivity contribution is 7.26. The van der Waals surface area contributed by atoms with Gasteiger partial charge in [0.1, 0.15) is 11.2 Å². The second-order valence-corrected chi connectivity index (χ2v) is 12.5. The van der Waals surface area contributed by atoms with Crippen molar-refractivity contribution >= 4 is 75.3 Å². The van der Waals surface area contributed by atoms with Crippen LogP contribution in [0.4, 0.5) is 0 Å². The molecule has 0 fully saturated rings. The van der Waals surface area contributed by atoms with Crippen LogP contribution in [0.5, 0.6) is 0 Å². The lowest BCUT2D eigenvalue weighted by atomic mass is 10.0. The van der Waals surface area contributed by atoms with E-state index in [1.165, 1.54) is 20.2 Å². The van der Waals surface area contributed by atoms with E-state index in [1.807, 2.05) is 23.5 Å². The SMILES string of the molecule is c1ccc(-c2cc(-c3ccccc3)nc(-n3c4ccccc4c4cc5oc6ccc7sc8ccccc8c7c6c5cc43)n2)cc1. The van der Waals surface area contributed by atoms with E-state index in [4.69, 9.17) is 14.4 Å². The summed E-state index contributed by atoms with van der Waals surface area (Å²) >= 11 is 1.83. The molecule has 210 valence electrons. The molecule has 5 heteroatoms. The fraction of sp³-hybridized carbons (Fsp3) is 0. The van der Waals surface area contributed by atoms with E-state index in [1.54, 1.807) is 0 Å². The van der Waals surface area contributed by atoms with Gasteiger partial charge >= 0.3 is 0 Å². The third-order valence-electron chi connectivity index (χ3n) is 8.82. The van der Waals surface area contributed by atoms with Crippen molar-refractivity contribution in [1.82, 2.24) is 14.5 Å². The van der Waals surface area contributed by atoms with Crippen LogP contribution in [0.1, 0.15) is 0 Å². The van der Waals surface area contributed by atoms with Gasteiger partial charge in [0.25, 0.3) is 0 Å². The second-order valence-electron chi connectivity index (χ2n) is 11.4. The quantitative estimate of drug-likeness (QED) is 0.205. The highest BCUT2D eigenvalue weighted by Gasteiger charge is 2.21. The van der Waals surface area contributed by atoms with E-state index in [0.29, 0.717) is 5.95 Å². The predicted molar refractivity (Wildman–Crippen MR) is 187 cm³/mol. The average molecular weight is 594 g/mol. The average Bonchev–Trinajstić information content (AvgIpc) is 3.76. The van der Waals surface area contributed by atoms with Gasteiger partial charge in [-0.1, -0.05) is 97.1 Å². The third kappa shape index (κ3) is 3.65. The molecule has 0 spiro atoms. The van der Waals surface area contributed by atoms with Crippen LogP contribution in [0.3, 0.4) is 0 Å². The molecule has 45 heavy (non-hydrogen) atoms. The summed E-state index contributed by atoms with van der Waals surface area (Å²) in [7, 11) is 0. The molecule has 0 unspecified atom stereocenters. The number of thiophene rings is 1. The van der Waals surface area contributed by atoms with Crippen molar-refractivity contribution in [2.24, 2.45) is 0 Å². The Morgan fingerprint density at radius 2 is 1.13 bits per heavy atom. The van der Waals surface area contributed by atoms with Crippen LogP contribution in [0.25, 0.3) is 92.4 Å². The summed E-state index contributed by atoms with van der Waals surface area (Å²) in [5.74, 6) is 0.639. The normalized spacial score (nSPS) is 12.0. The molecule has 10 rings (SSSR count). The Hall–Kier alpha value is -5.78. The minimum absolute atomic E-state index is 0.639. The third-order valence-corrected chi connectivity index (χ3v) is 9.96. The summed E-state index contributed by atoms with van der Waals surface area (Å²) in [5.41, 5.74) is 7.75. The Balaban J connectivity index is 1.34. The van der Waals surface area contributed by atoms with Gasteiger partial charge in [0.2, 0.25) is 5.95 Å². The molecular weight excluding hydrogens is 571 g/mol. The summed E-state index contributed by atoms with van der Waals surface area (Å²) in [6.07, 6.45) is 0. The van der Waals surface area contributed by atoms with Gasteiger partial charge in [-0.2, -0.15) is 0 Å². The zero-order valence-electron chi connectivity index (χ0n) is 23.9. The smallest absolute Gasteiger partial charge is 0.235 e. The molecule has 0 saturated carbocycles. The summed E-state index contributed by atoms with van der Waals surface area (Å²) in [6, 6.07) is 48.7. The number of benzene rings is 6. The van der Waals surface area contributed by atoms with Crippen LogP contribution in [0.15, 0.2) is 144 Å². The Morgan fingerprint density at radius 1 is 0.467 bits per heavy atom. The van der Waals surface area contributed by atoms with Crippen LogP contribution in [0.2, 0.25) is 0 Å². The lowest BCUT2D eigenvalue weighted by molar-refractivity contribution is 0.670. The van der Waals surface area contributed by atoms with Crippen molar-refractivity contribution in [1.29, 1.82) is 0 Å². The number of para-hydroxylation sites is 1. The number of aromatic nitrogens is 3. The van der Waals surface area contributed by atoms with Crippen molar-refractivity contribution in [3.63, 3.8) is 0 Å². The Morgan fingerprint density at radius 3 is 1.89 bits per heavy atom. The van der Waals surface area contributed by atoms with Crippen molar-refractivity contribution in [2.45, 2.75) is 0 Å². The number of fused-ring (bicyclic) bond motifs is 10. The van der Waals surface area contributed by atoms with Gasteiger partial charge in [-0.05, 0) is 42.5 Å². The number of furan rings is 1. The van der Waals surface area contributed by atoms with Crippen LogP contribution in [-0.4, -0.2) is 14.5 Å². The Kier molecular flexibility index (Phi) is 5.12. The van der Waals surface area contributed by atoms with Gasteiger partial charge < -0.3 is 4.42 Å². The standard InChI is InChI=1S/C40H23N3OS/c1-3-11-24(12-4-1)30-23-31(25-13-5-2-6-14-25)42-40(41-30)43-32-17-9-7-15-26(32)28-22-35-29(21-33(28)43)38-34(44-35)19-20-37-39(38)27-16-8-10-18-36(27)45-37/h1-23H. The van der Waals surface area contributed by atoms with E-state index in [9.17, 15) is 0 Å². The predicted octanol–water partition coefficient (Wildman–Crippen LogP) is 11.2. The molecule has 6 aromatic carbocycles. The molecule has 0 amide bonds. The molecule has 0 saturated heterocycles. The molecule has 0 aliphatic rings. The maximum Gasteiger partial charge on any atom is 0.235 e. The first-order chi connectivity index (χ1) is 22.3. The van der Waals surface area contributed by atoms with Gasteiger partial charge in [0.05, 0.1) is 22.4 Å². The number of hydrogen-bond acceptors (Lipinski definition) is 4. The summed E-state index contributed by atoms with van der Waals surface area (Å²) < 4.78 is 11.3. The van der Waals surface area contributed by atoms with Crippen LogP contribution in [-0.2, 0) is 0 Å². The maximum absolute atomic E-state index is 6.57. The number of nitrogens with zero attached hydrogens (tertiary/aromatic N) is 3. The second kappa shape index (κ2) is 9.36. The molecule has 10 aromatic rings. The molecule has 4 aromatic heterocycles. The van der Waals surface area contributed by atoms with Crippen LogP contribution >= 0.6 is 11.3 Å². The van der Waals surface area contributed by atoms with Crippen LogP contribution < -0.4 is 0 Å². The van der Waals surface area contributed by atoms with Crippen LogP contribution in [0, 0.1) is 0 Å². The largest absolute Gasteiger partial charge is 0.456 e. The van der Waals surface area contributed by atoms with E-state index < -0.39 is 0 Å². The summed E-state index contributed by atoms with van der Waals surface area (Å²) in [6.45, 7) is 0. The molecule has 0 atom stereocenters. The minimum Gasteiger partial charge on any atom is -0.456 e. The van der Waals surface area contributed by atoms with Crippen molar-refractivity contribution in [2.75, 3.05) is 0 Å². The van der Waals surface area contributed by atoms with Gasteiger partial charge in [-0.25, -0.2) is 9.97 Å². The van der Waals surface area contributed by atoms with Gasteiger partial charge in [0, 0.05) is 52.8 Å². The zero-order valence-corrected chi connectivity index (χ0v) is 24.8. The van der Waals surface area contributed by atoms with E-state index in [0.717, 1.165) is 66.3 Å². The lowest BCUT2D eigenvalue weighted by Crippen LogP contribution is -2.03. The zero-order chi connectivity index (χ0) is 29.5. The van der Waals surface area contributed by atoms with Gasteiger partial charge in [-0.3, -0.25) is 4.57 Å². The lowest BCUT2D eigenvalue weighted by Gasteiger charge is -2.11. The van der Waals surface area contributed by atoms with E-state index >= 15 is 0 Å². The Bertz CT molecular complexity index is 2700. The first-order valence-corrected chi connectivity index (χ1v) is 15.8. The number of hydrogen-bond donors (Lipinski definition) is 0. The first kappa shape index (κ1) is 24.6. The number of rotatable bonds is 3.